The monoisotopic (exact) mass is 490 g/mol. The van der Waals surface area contributed by atoms with E-state index < -0.39 is 41.5 Å². The predicted molar refractivity (Wildman–Crippen MR) is 120 cm³/mol. The van der Waals surface area contributed by atoms with Gasteiger partial charge < -0.3 is 15.2 Å². The number of carbonyl (C=O) groups excluding carboxylic acids is 1. The number of alkyl halides is 2. The summed E-state index contributed by atoms with van der Waals surface area (Å²) < 4.78 is 56.4. The highest BCUT2D eigenvalue weighted by atomic mass is 19.3. The van der Waals surface area contributed by atoms with Gasteiger partial charge in [-0.3, -0.25) is 14.5 Å². The van der Waals surface area contributed by atoms with E-state index in [1.807, 2.05) is 4.90 Å². The number of fused-ring (bicyclic) bond motifs is 1. The van der Waals surface area contributed by atoms with Crippen LogP contribution in [-0.4, -0.2) is 64.9 Å². The maximum atomic E-state index is 15.1. The molecule has 1 unspecified atom stereocenters. The van der Waals surface area contributed by atoms with Crippen molar-refractivity contribution in [3.8, 4) is 0 Å². The largest absolute Gasteiger partial charge is 0.365 e. The summed E-state index contributed by atoms with van der Waals surface area (Å²) in [5.74, 6) is -6.03. The summed E-state index contributed by atoms with van der Waals surface area (Å²) in [5, 5.41) is 2.40. The second kappa shape index (κ2) is 8.59. The van der Waals surface area contributed by atoms with Gasteiger partial charge in [0.05, 0.1) is 17.1 Å². The Morgan fingerprint density at radius 1 is 1.14 bits per heavy atom. The topological polar surface area (TPSA) is 94.2 Å². The molecule has 3 heterocycles. The Balaban J connectivity index is 1.28. The molecule has 1 aliphatic heterocycles. The Labute approximate surface area is 197 Å². The van der Waals surface area contributed by atoms with Gasteiger partial charge in [0.2, 0.25) is 5.95 Å². The molecule has 3 aromatic rings. The van der Waals surface area contributed by atoms with Crippen LogP contribution in [0.3, 0.4) is 0 Å². The zero-order chi connectivity index (χ0) is 24.9. The van der Waals surface area contributed by atoms with Crippen molar-refractivity contribution in [3.63, 3.8) is 0 Å². The summed E-state index contributed by atoms with van der Waals surface area (Å²) in [7, 11) is 1.44. The second-order valence-electron chi connectivity index (χ2n) is 8.75. The van der Waals surface area contributed by atoms with E-state index in [0.717, 1.165) is 0 Å². The predicted octanol–water partition coefficient (Wildman–Crippen LogP) is 2.40. The van der Waals surface area contributed by atoms with Crippen LogP contribution in [0.4, 0.5) is 23.2 Å². The van der Waals surface area contributed by atoms with Crippen LogP contribution in [0, 0.1) is 11.8 Å². The molecule has 0 spiro atoms. The first-order chi connectivity index (χ1) is 16.7. The lowest BCUT2D eigenvalue weighted by molar-refractivity contribution is 0.0956. The van der Waals surface area contributed by atoms with E-state index in [1.165, 1.54) is 31.3 Å². The third-order valence-corrected chi connectivity index (χ3v) is 6.46. The van der Waals surface area contributed by atoms with Crippen LogP contribution in [0.2, 0.25) is 0 Å². The molecule has 1 aliphatic carbocycles. The number of benzene rings is 1. The molecule has 1 saturated carbocycles. The third kappa shape index (κ3) is 4.33. The van der Waals surface area contributed by atoms with Gasteiger partial charge in [0, 0.05) is 51.8 Å². The number of pyridine rings is 1. The van der Waals surface area contributed by atoms with Crippen molar-refractivity contribution < 1.29 is 22.4 Å². The molecule has 0 bridgehead atoms. The average Bonchev–Trinajstić information content (AvgIpc) is 3.48. The smallest absolute Gasteiger partial charge is 0.270 e. The molecule has 2 aliphatic rings. The highest BCUT2D eigenvalue weighted by Gasteiger charge is 2.59. The van der Waals surface area contributed by atoms with E-state index in [-0.39, 0.29) is 34.7 Å². The number of carbonyl (C=O) groups is 1. The number of hydrogen-bond donors (Lipinski definition) is 2. The first kappa shape index (κ1) is 23.2. The molecule has 8 nitrogen and oxygen atoms in total. The van der Waals surface area contributed by atoms with E-state index in [4.69, 9.17) is 0 Å². The zero-order valence-electron chi connectivity index (χ0n) is 18.7. The lowest BCUT2D eigenvalue weighted by Crippen LogP contribution is -2.46. The van der Waals surface area contributed by atoms with Crippen molar-refractivity contribution in [2.24, 2.45) is 0 Å². The standard InChI is InChI=1S/C23H22F4N6O2/c1-28-21(34)15-4-5-16(20(25)30-15)33-8-6-32(7-9-33)11-12-2-3-14-19(17(12)24)31-22(35)18(29-14)13-10-23(13,26)27/h2-5,13H,6-11H2,1H3,(H,28,34)(H,31,35). The molecular formula is C23H22F4N6O2. The Kier molecular flexibility index (Phi) is 5.70. The molecule has 35 heavy (non-hydrogen) atoms. The lowest BCUT2D eigenvalue weighted by atomic mass is 10.1. The first-order valence-electron chi connectivity index (χ1n) is 11.1. The summed E-state index contributed by atoms with van der Waals surface area (Å²) in [4.78, 5) is 37.8. The normalized spacial score (nSPS) is 19.7. The number of amides is 1. The highest BCUT2D eigenvalue weighted by Crippen LogP contribution is 2.54. The van der Waals surface area contributed by atoms with E-state index in [1.54, 1.807) is 4.90 Å². The molecule has 184 valence electrons. The maximum absolute atomic E-state index is 15.1. The molecule has 1 saturated heterocycles. The molecule has 1 atom stereocenters. The zero-order valence-corrected chi connectivity index (χ0v) is 18.7. The van der Waals surface area contributed by atoms with Gasteiger partial charge in [-0.25, -0.2) is 23.1 Å². The minimum absolute atomic E-state index is 0.00957. The quantitative estimate of drug-likeness (QED) is 0.422. The molecule has 5 rings (SSSR count). The van der Waals surface area contributed by atoms with Crippen LogP contribution in [0.15, 0.2) is 29.1 Å². The van der Waals surface area contributed by atoms with Gasteiger partial charge in [-0.05, 0) is 18.2 Å². The number of aromatic nitrogens is 3. The SMILES string of the molecule is CNC(=O)c1ccc(N2CCN(Cc3ccc4nc(C5CC5(F)F)c(=O)[nH]c4c3F)CC2)c(F)n1. The lowest BCUT2D eigenvalue weighted by Gasteiger charge is -2.36. The molecule has 1 amide bonds. The number of anilines is 1. The summed E-state index contributed by atoms with van der Waals surface area (Å²) in [6.07, 6.45) is -0.431. The number of rotatable bonds is 5. The number of piperazine rings is 1. The Bertz CT molecular complexity index is 1370. The van der Waals surface area contributed by atoms with Gasteiger partial charge in [-0.15, -0.1) is 0 Å². The summed E-state index contributed by atoms with van der Waals surface area (Å²) >= 11 is 0. The van der Waals surface area contributed by atoms with Gasteiger partial charge in [-0.2, -0.15) is 4.39 Å². The third-order valence-electron chi connectivity index (χ3n) is 6.46. The Morgan fingerprint density at radius 2 is 1.86 bits per heavy atom. The van der Waals surface area contributed by atoms with Crippen molar-refractivity contribution >= 4 is 22.6 Å². The van der Waals surface area contributed by atoms with E-state index in [9.17, 15) is 22.8 Å². The van der Waals surface area contributed by atoms with Crippen LogP contribution in [-0.2, 0) is 6.54 Å². The highest BCUT2D eigenvalue weighted by molar-refractivity contribution is 5.92. The van der Waals surface area contributed by atoms with Gasteiger partial charge in [0.1, 0.15) is 16.9 Å². The second-order valence-corrected chi connectivity index (χ2v) is 8.75. The molecule has 1 aromatic carbocycles. The Morgan fingerprint density at radius 3 is 2.49 bits per heavy atom. The van der Waals surface area contributed by atoms with Crippen molar-refractivity contribution in [2.45, 2.75) is 24.8 Å². The van der Waals surface area contributed by atoms with Crippen LogP contribution >= 0.6 is 0 Å². The van der Waals surface area contributed by atoms with Gasteiger partial charge >= 0.3 is 0 Å². The molecule has 2 aromatic heterocycles. The van der Waals surface area contributed by atoms with Crippen LogP contribution in [0.25, 0.3) is 11.0 Å². The summed E-state index contributed by atoms with van der Waals surface area (Å²) in [6, 6.07) is 6.02. The van der Waals surface area contributed by atoms with Crippen molar-refractivity contribution in [1.29, 1.82) is 0 Å². The van der Waals surface area contributed by atoms with E-state index >= 15 is 4.39 Å². The number of halogens is 4. The van der Waals surface area contributed by atoms with Gasteiger partial charge in [-0.1, -0.05) is 6.07 Å². The van der Waals surface area contributed by atoms with Crippen LogP contribution in [0.5, 0.6) is 0 Å². The molecule has 12 heteroatoms. The number of nitrogens with one attached hydrogen (secondary N) is 2. The molecule has 2 fully saturated rings. The van der Waals surface area contributed by atoms with Crippen molar-refractivity contribution in [3.05, 3.63) is 63.3 Å². The average molecular weight is 490 g/mol. The minimum Gasteiger partial charge on any atom is -0.365 e. The molecule has 2 N–H and O–H groups in total. The summed E-state index contributed by atoms with van der Waals surface area (Å²) in [6.45, 7) is 2.20. The number of aromatic amines is 1. The Hall–Kier alpha value is -3.54. The van der Waals surface area contributed by atoms with Crippen LogP contribution < -0.4 is 15.8 Å². The fraction of sp³-hybridized carbons (Fsp3) is 0.391. The number of H-pyrrole nitrogens is 1. The minimum atomic E-state index is -2.94. The maximum Gasteiger partial charge on any atom is 0.270 e. The fourth-order valence-electron chi connectivity index (χ4n) is 4.35. The molecular weight excluding hydrogens is 468 g/mol. The van der Waals surface area contributed by atoms with Gasteiger partial charge in [0.25, 0.3) is 17.4 Å². The van der Waals surface area contributed by atoms with Gasteiger partial charge in [0.15, 0.2) is 5.82 Å². The first-order valence-corrected chi connectivity index (χ1v) is 11.1. The summed E-state index contributed by atoms with van der Waals surface area (Å²) in [5.41, 5.74) is -0.451. The fourth-order valence-corrected chi connectivity index (χ4v) is 4.35. The van der Waals surface area contributed by atoms with Crippen molar-refractivity contribution in [1.82, 2.24) is 25.2 Å². The number of nitrogens with zero attached hydrogens (tertiary/aromatic N) is 4. The van der Waals surface area contributed by atoms with Crippen LogP contribution in [0.1, 0.15) is 34.1 Å². The number of hydrogen-bond acceptors (Lipinski definition) is 6. The van der Waals surface area contributed by atoms with E-state index in [2.05, 4.69) is 20.3 Å². The van der Waals surface area contributed by atoms with Crippen molar-refractivity contribution in [2.75, 3.05) is 38.1 Å². The van der Waals surface area contributed by atoms with E-state index in [0.29, 0.717) is 31.7 Å². The molecule has 0 radical (unpaired) electrons.